The van der Waals surface area contributed by atoms with Gasteiger partial charge in [0.2, 0.25) is 0 Å². The molecule has 0 saturated heterocycles. The number of nitrogens with zero attached hydrogens (tertiary/aromatic N) is 1. The van der Waals surface area contributed by atoms with Crippen LogP contribution in [-0.4, -0.2) is 11.5 Å². The molecule has 0 amide bonds. The molecule has 1 N–H and O–H groups in total. The minimum atomic E-state index is -0.165. The van der Waals surface area contributed by atoms with Gasteiger partial charge >= 0.3 is 0 Å². The van der Waals surface area contributed by atoms with E-state index in [1.54, 1.807) is 13.1 Å². The molecule has 3 heteroatoms. The van der Waals surface area contributed by atoms with Gasteiger partial charge < -0.3 is 5.32 Å². The Hall–Kier alpha value is -1.74. The van der Waals surface area contributed by atoms with Gasteiger partial charge in [-0.1, -0.05) is 19.1 Å². The molecule has 0 radical (unpaired) electrons. The topological polar surface area (TPSA) is 24.9 Å². The van der Waals surface area contributed by atoms with E-state index in [0.717, 1.165) is 17.7 Å². The Bertz CT molecular complexity index is 566. The monoisotopic (exact) mass is 258 g/mol. The van der Waals surface area contributed by atoms with Gasteiger partial charge in [-0.3, -0.25) is 4.98 Å². The highest BCUT2D eigenvalue weighted by Gasteiger charge is 2.16. The van der Waals surface area contributed by atoms with E-state index in [9.17, 15) is 4.39 Å². The van der Waals surface area contributed by atoms with Gasteiger partial charge in [-0.2, -0.15) is 0 Å². The van der Waals surface area contributed by atoms with Crippen molar-refractivity contribution in [3.05, 3.63) is 64.7 Å². The maximum atomic E-state index is 13.4. The quantitative estimate of drug-likeness (QED) is 0.907. The number of halogens is 1. The van der Waals surface area contributed by atoms with Gasteiger partial charge in [0.05, 0.1) is 6.04 Å². The first-order chi connectivity index (χ1) is 9.13. The fourth-order valence-electron chi connectivity index (χ4n) is 2.24. The zero-order valence-corrected chi connectivity index (χ0v) is 11.6. The van der Waals surface area contributed by atoms with Crippen molar-refractivity contribution in [1.82, 2.24) is 10.3 Å². The fourth-order valence-corrected chi connectivity index (χ4v) is 2.24. The molecule has 1 aromatic carbocycles. The molecule has 2 aromatic rings. The van der Waals surface area contributed by atoms with Crippen LogP contribution in [0.4, 0.5) is 4.39 Å². The molecule has 0 spiro atoms. The molecule has 1 aromatic heterocycles. The summed E-state index contributed by atoms with van der Waals surface area (Å²) in [7, 11) is 0. The SMILES string of the molecule is CCNC(c1ccc(F)c(C)c1)c1cnccc1C. The van der Waals surface area contributed by atoms with Gasteiger partial charge in [-0.25, -0.2) is 4.39 Å². The van der Waals surface area contributed by atoms with Gasteiger partial charge in [0, 0.05) is 12.4 Å². The Kier molecular flexibility index (Phi) is 4.27. The zero-order chi connectivity index (χ0) is 13.8. The number of aromatic nitrogens is 1. The summed E-state index contributed by atoms with van der Waals surface area (Å²) in [6.07, 6.45) is 3.67. The van der Waals surface area contributed by atoms with Crippen molar-refractivity contribution >= 4 is 0 Å². The number of pyridine rings is 1. The molecule has 100 valence electrons. The largest absolute Gasteiger partial charge is 0.306 e. The van der Waals surface area contributed by atoms with Crippen molar-refractivity contribution < 1.29 is 4.39 Å². The molecule has 0 aliphatic rings. The standard InChI is InChI=1S/C16H19FN2/c1-4-19-16(14-10-18-8-7-11(14)2)13-5-6-15(17)12(3)9-13/h5-10,16,19H,4H2,1-3H3. The smallest absolute Gasteiger partial charge is 0.126 e. The minimum Gasteiger partial charge on any atom is -0.306 e. The van der Waals surface area contributed by atoms with Crippen LogP contribution in [0.15, 0.2) is 36.7 Å². The van der Waals surface area contributed by atoms with Gasteiger partial charge in [0.15, 0.2) is 0 Å². The van der Waals surface area contributed by atoms with E-state index in [-0.39, 0.29) is 11.9 Å². The summed E-state index contributed by atoms with van der Waals surface area (Å²) < 4.78 is 13.4. The summed E-state index contributed by atoms with van der Waals surface area (Å²) in [5, 5.41) is 3.44. The summed E-state index contributed by atoms with van der Waals surface area (Å²) >= 11 is 0. The molecule has 2 nitrogen and oxygen atoms in total. The van der Waals surface area contributed by atoms with Crippen molar-refractivity contribution in [2.24, 2.45) is 0 Å². The second kappa shape index (κ2) is 5.93. The molecular weight excluding hydrogens is 239 g/mol. The lowest BCUT2D eigenvalue weighted by Gasteiger charge is -2.21. The summed E-state index contributed by atoms with van der Waals surface area (Å²) in [5.74, 6) is -0.165. The van der Waals surface area contributed by atoms with E-state index in [1.165, 1.54) is 11.6 Å². The number of hydrogen-bond donors (Lipinski definition) is 1. The first-order valence-corrected chi connectivity index (χ1v) is 6.53. The molecule has 0 bridgehead atoms. The zero-order valence-electron chi connectivity index (χ0n) is 11.6. The first-order valence-electron chi connectivity index (χ1n) is 6.53. The van der Waals surface area contributed by atoms with Crippen LogP contribution in [0, 0.1) is 19.7 Å². The summed E-state index contributed by atoms with van der Waals surface area (Å²) in [5.41, 5.74) is 4.05. The minimum absolute atomic E-state index is 0.0537. The second-order valence-electron chi connectivity index (χ2n) is 4.73. The molecule has 1 heterocycles. The van der Waals surface area contributed by atoms with E-state index in [1.807, 2.05) is 24.4 Å². The van der Waals surface area contributed by atoms with E-state index < -0.39 is 0 Å². The Labute approximate surface area is 113 Å². The predicted octanol–water partition coefficient (Wildman–Crippen LogP) is 3.54. The van der Waals surface area contributed by atoms with Crippen LogP contribution in [0.2, 0.25) is 0 Å². The lowest BCUT2D eigenvalue weighted by Crippen LogP contribution is -2.23. The highest BCUT2D eigenvalue weighted by atomic mass is 19.1. The van der Waals surface area contributed by atoms with Crippen molar-refractivity contribution in [3.8, 4) is 0 Å². The van der Waals surface area contributed by atoms with Crippen LogP contribution in [0.25, 0.3) is 0 Å². The van der Waals surface area contributed by atoms with Gasteiger partial charge in [0.25, 0.3) is 0 Å². The molecule has 0 aliphatic heterocycles. The predicted molar refractivity (Wildman–Crippen MR) is 75.6 cm³/mol. The van der Waals surface area contributed by atoms with Crippen molar-refractivity contribution in [2.45, 2.75) is 26.8 Å². The Morgan fingerprint density at radius 2 is 2.00 bits per heavy atom. The summed E-state index contributed by atoms with van der Waals surface area (Å²) in [6, 6.07) is 7.31. The van der Waals surface area contributed by atoms with Gasteiger partial charge in [-0.05, 0) is 54.8 Å². The van der Waals surface area contributed by atoms with Crippen LogP contribution in [0.1, 0.15) is 35.2 Å². The molecule has 19 heavy (non-hydrogen) atoms. The Balaban J connectivity index is 2.45. The van der Waals surface area contributed by atoms with Crippen molar-refractivity contribution in [1.29, 1.82) is 0 Å². The van der Waals surface area contributed by atoms with Crippen molar-refractivity contribution in [2.75, 3.05) is 6.54 Å². The van der Waals surface area contributed by atoms with E-state index in [0.29, 0.717) is 5.56 Å². The van der Waals surface area contributed by atoms with Crippen LogP contribution in [0.5, 0.6) is 0 Å². The number of hydrogen-bond acceptors (Lipinski definition) is 2. The lowest BCUT2D eigenvalue weighted by atomic mass is 9.95. The number of nitrogens with one attached hydrogen (secondary N) is 1. The molecule has 0 fully saturated rings. The highest BCUT2D eigenvalue weighted by Crippen LogP contribution is 2.25. The van der Waals surface area contributed by atoms with Gasteiger partial charge in [0.1, 0.15) is 5.82 Å². The molecule has 1 atom stereocenters. The number of aryl methyl sites for hydroxylation is 2. The normalized spacial score (nSPS) is 12.4. The third-order valence-electron chi connectivity index (χ3n) is 3.31. The second-order valence-corrected chi connectivity index (χ2v) is 4.73. The summed E-state index contributed by atoms with van der Waals surface area (Å²) in [6.45, 7) is 6.76. The maximum Gasteiger partial charge on any atom is 0.126 e. The average Bonchev–Trinajstić information content (AvgIpc) is 2.40. The Morgan fingerprint density at radius 1 is 1.21 bits per heavy atom. The lowest BCUT2D eigenvalue weighted by molar-refractivity contribution is 0.604. The molecule has 0 aliphatic carbocycles. The molecular formula is C16H19FN2. The van der Waals surface area contributed by atoms with Crippen molar-refractivity contribution in [3.63, 3.8) is 0 Å². The maximum absolute atomic E-state index is 13.4. The van der Waals surface area contributed by atoms with E-state index >= 15 is 0 Å². The van der Waals surface area contributed by atoms with Crippen LogP contribution in [-0.2, 0) is 0 Å². The average molecular weight is 258 g/mol. The van der Waals surface area contributed by atoms with Crippen LogP contribution >= 0.6 is 0 Å². The van der Waals surface area contributed by atoms with E-state index in [4.69, 9.17) is 0 Å². The third kappa shape index (κ3) is 2.99. The molecule has 0 saturated carbocycles. The van der Waals surface area contributed by atoms with Crippen LogP contribution < -0.4 is 5.32 Å². The Morgan fingerprint density at radius 3 is 2.63 bits per heavy atom. The van der Waals surface area contributed by atoms with Crippen LogP contribution in [0.3, 0.4) is 0 Å². The number of rotatable bonds is 4. The fraction of sp³-hybridized carbons (Fsp3) is 0.312. The van der Waals surface area contributed by atoms with E-state index in [2.05, 4.69) is 24.1 Å². The molecule has 1 unspecified atom stereocenters. The highest BCUT2D eigenvalue weighted by molar-refractivity contribution is 5.36. The number of benzene rings is 1. The summed E-state index contributed by atoms with van der Waals surface area (Å²) in [4.78, 5) is 4.20. The first kappa shape index (κ1) is 13.7. The van der Waals surface area contributed by atoms with Gasteiger partial charge in [-0.15, -0.1) is 0 Å². The molecule has 2 rings (SSSR count). The third-order valence-corrected chi connectivity index (χ3v) is 3.31.